The quantitative estimate of drug-likeness (QED) is 0.485. The van der Waals surface area contributed by atoms with E-state index in [-0.39, 0.29) is 24.3 Å². The highest BCUT2D eigenvalue weighted by Gasteiger charge is 2.39. The van der Waals surface area contributed by atoms with E-state index in [1.54, 1.807) is 16.7 Å². The van der Waals surface area contributed by atoms with E-state index >= 15 is 0 Å². The molecule has 0 saturated carbocycles. The lowest BCUT2D eigenvalue weighted by Gasteiger charge is -2.43. The summed E-state index contributed by atoms with van der Waals surface area (Å²) in [6.45, 7) is 3.57. The van der Waals surface area contributed by atoms with Gasteiger partial charge in [-0.05, 0) is 80.1 Å². The van der Waals surface area contributed by atoms with E-state index in [2.05, 4.69) is 0 Å². The molecule has 0 saturated heterocycles. The summed E-state index contributed by atoms with van der Waals surface area (Å²) < 4.78 is 41.3. The Morgan fingerprint density at radius 1 is 0.909 bits per heavy atom. The molecule has 7 heteroatoms. The predicted molar refractivity (Wildman–Crippen MR) is 121 cm³/mol. The molecule has 0 radical (unpaired) electrons. The molecule has 0 fully saturated rings. The summed E-state index contributed by atoms with van der Waals surface area (Å²) in [4.78, 5) is 29.4. The highest BCUT2D eigenvalue weighted by molar-refractivity contribution is 6.07. The topological polar surface area (TPSA) is 40.6 Å². The van der Waals surface area contributed by atoms with E-state index in [0.29, 0.717) is 28.9 Å². The lowest BCUT2D eigenvalue weighted by Crippen LogP contribution is -2.47. The van der Waals surface area contributed by atoms with Crippen LogP contribution in [0, 0.1) is 17.5 Å². The van der Waals surface area contributed by atoms with Crippen molar-refractivity contribution in [2.45, 2.75) is 38.8 Å². The van der Waals surface area contributed by atoms with Gasteiger partial charge < -0.3 is 9.80 Å². The first-order valence-electron chi connectivity index (χ1n) is 10.8. The molecule has 33 heavy (non-hydrogen) atoms. The minimum absolute atomic E-state index is 0.200. The van der Waals surface area contributed by atoms with Gasteiger partial charge in [0.05, 0.1) is 6.04 Å². The summed E-state index contributed by atoms with van der Waals surface area (Å²) in [5.41, 5.74) is 1.76. The number of anilines is 2. The molecule has 0 aromatic heterocycles. The van der Waals surface area contributed by atoms with Crippen molar-refractivity contribution in [3.63, 3.8) is 0 Å². The molecule has 2 unspecified atom stereocenters. The third-order valence-electron chi connectivity index (χ3n) is 5.91. The van der Waals surface area contributed by atoms with Gasteiger partial charge in [0.1, 0.15) is 17.5 Å². The monoisotopic (exact) mass is 452 g/mol. The van der Waals surface area contributed by atoms with Crippen LogP contribution < -0.4 is 9.80 Å². The maximum Gasteiger partial charge on any atom is 0.258 e. The van der Waals surface area contributed by atoms with Crippen LogP contribution in [-0.2, 0) is 4.79 Å². The van der Waals surface area contributed by atoms with Crippen LogP contribution in [0.5, 0.6) is 0 Å². The summed E-state index contributed by atoms with van der Waals surface area (Å²) in [6, 6.07) is 14.0. The molecule has 1 heterocycles. The van der Waals surface area contributed by atoms with Crippen LogP contribution in [0.25, 0.3) is 0 Å². The van der Waals surface area contributed by atoms with Crippen molar-refractivity contribution in [3.05, 3.63) is 95.3 Å². The van der Waals surface area contributed by atoms with Gasteiger partial charge in [0.15, 0.2) is 0 Å². The van der Waals surface area contributed by atoms with Gasteiger partial charge in [-0.2, -0.15) is 0 Å². The van der Waals surface area contributed by atoms with Crippen molar-refractivity contribution in [3.8, 4) is 0 Å². The second-order valence-electron chi connectivity index (χ2n) is 8.08. The van der Waals surface area contributed by atoms with Crippen LogP contribution in [0.3, 0.4) is 0 Å². The van der Waals surface area contributed by atoms with E-state index in [1.165, 1.54) is 66.7 Å². The summed E-state index contributed by atoms with van der Waals surface area (Å²) in [5, 5.41) is 0. The number of halogens is 3. The highest BCUT2D eigenvalue weighted by Crippen LogP contribution is 2.43. The van der Waals surface area contributed by atoms with Crippen molar-refractivity contribution in [2.24, 2.45) is 0 Å². The van der Waals surface area contributed by atoms with Crippen molar-refractivity contribution in [1.82, 2.24) is 0 Å². The molecule has 3 aromatic rings. The number of amides is 2. The molecule has 1 aliphatic heterocycles. The maximum absolute atomic E-state index is 14.4. The van der Waals surface area contributed by atoms with Crippen LogP contribution in [0.4, 0.5) is 24.5 Å². The normalized spacial score (nSPS) is 17.4. The zero-order chi connectivity index (χ0) is 23.7. The number of hydrogen-bond donors (Lipinski definition) is 0. The average molecular weight is 452 g/mol. The Balaban J connectivity index is 1.82. The molecule has 4 nitrogen and oxygen atoms in total. The zero-order valence-electron chi connectivity index (χ0n) is 18.3. The number of hydrogen-bond acceptors (Lipinski definition) is 2. The van der Waals surface area contributed by atoms with Crippen LogP contribution >= 0.6 is 0 Å². The maximum atomic E-state index is 14.4. The van der Waals surface area contributed by atoms with E-state index in [9.17, 15) is 22.8 Å². The second-order valence-corrected chi connectivity index (χ2v) is 8.08. The lowest BCUT2D eigenvalue weighted by atomic mass is 9.89. The molecule has 170 valence electrons. The third kappa shape index (κ3) is 4.35. The van der Waals surface area contributed by atoms with Crippen LogP contribution in [0.1, 0.15) is 48.7 Å². The van der Waals surface area contributed by atoms with Crippen molar-refractivity contribution >= 4 is 23.2 Å². The van der Waals surface area contributed by atoms with E-state index in [0.717, 1.165) is 0 Å². The molecule has 0 N–H and O–H groups in total. The molecule has 3 aromatic carbocycles. The van der Waals surface area contributed by atoms with Gasteiger partial charge in [-0.3, -0.25) is 9.59 Å². The average Bonchev–Trinajstić information content (AvgIpc) is 2.80. The number of carbonyl (C=O) groups is 2. The fourth-order valence-corrected chi connectivity index (χ4v) is 4.36. The SMILES string of the molecule is CCC(=O)N(c1ccc(F)cc1)C1CC(C)N(C(=O)c2ccc(F)cc2)c2ccc(F)cc21. The zero-order valence-corrected chi connectivity index (χ0v) is 18.3. The van der Waals surface area contributed by atoms with E-state index in [4.69, 9.17) is 0 Å². The molecule has 0 spiro atoms. The summed E-state index contributed by atoms with van der Waals surface area (Å²) in [7, 11) is 0. The van der Waals surface area contributed by atoms with E-state index in [1.807, 2.05) is 6.92 Å². The van der Waals surface area contributed by atoms with Gasteiger partial charge in [0.25, 0.3) is 5.91 Å². The number of fused-ring (bicyclic) bond motifs is 1. The first kappa shape index (κ1) is 22.6. The number of carbonyl (C=O) groups excluding carboxylic acids is 2. The molecule has 0 bridgehead atoms. The summed E-state index contributed by atoms with van der Waals surface area (Å²) >= 11 is 0. The van der Waals surface area contributed by atoms with Crippen LogP contribution in [0.15, 0.2) is 66.7 Å². The Morgan fingerprint density at radius 3 is 2.09 bits per heavy atom. The Kier molecular flexibility index (Phi) is 6.22. The molecule has 2 atom stereocenters. The summed E-state index contributed by atoms with van der Waals surface area (Å²) in [6.07, 6.45) is 0.539. The van der Waals surface area contributed by atoms with Crippen LogP contribution in [-0.4, -0.2) is 17.9 Å². The summed E-state index contributed by atoms with van der Waals surface area (Å²) in [5.74, 6) is -1.92. The number of rotatable bonds is 4. The smallest absolute Gasteiger partial charge is 0.258 e. The van der Waals surface area contributed by atoms with Crippen molar-refractivity contribution in [1.29, 1.82) is 0 Å². The number of nitrogens with zero attached hydrogens (tertiary/aromatic N) is 2. The minimum atomic E-state index is -0.555. The van der Waals surface area contributed by atoms with Gasteiger partial charge in [0.2, 0.25) is 5.91 Å². The Morgan fingerprint density at radius 2 is 1.48 bits per heavy atom. The van der Waals surface area contributed by atoms with Gasteiger partial charge in [-0.1, -0.05) is 6.92 Å². The second kappa shape index (κ2) is 9.10. The van der Waals surface area contributed by atoms with E-state index < -0.39 is 23.5 Å². The third-order valence-corrected chi connectivity index (χ3v) is 5.91. The molecular weight excluding hydrogens is 429 g/mol. The highest BCUT2D eigenvalue weighted by atomic mass is 19.1. The number of benzene rings is 3. The van der Waals surface area contributed by atoms with Crippen molar-refractivity contribution < 1.29 is 22.8 Å². The van der Waals surface area contributed by atoms with Gasteiger partial charge in [-0.25, -0.2) is 13.2 Å². The van der Waals surface area contributed by atoms with Gasteiger partial charge >= 0.3 is 0 Å². The molecule has 0 aliphatic carbocycles. The molecule has 4 rings (SSSR count). The van der Waals surface area contributed by atoms with Crippen molar-refractivity contribution in [2.75, 3.05) is 9.80 Å². The first-order chi connectivity index (χ1) is 15.8. The molecular formula is C26H23F3N2O2. The molecule has 1 aliphatic rings. The lowest BCUT2D eigenvalue weighted by molar-refractivity contribution is -0.118. The predicted octanol–water partition coefficient (Wildman–Crippen LogP) is 6.03. The largest absolute Gasteiger partial charge is 0.305 e. The fraction of sp³-hybridized carbons (Fsp3) is 0.231. The molecule has 2 amide bonds. The van der Waals surface area contributed by atoms with Gasteiger partial charge in [-0.15, -0.1) is 0 Å². The Labute approximate surface area is 190 Å². The fourth-order valence-electron chi connectivity index (χ4n) is 4.36. The first-order valence-corrected chi connectivity index (χ1v) is 10.8. The van der Waals surface area contributed by atoms with Crippen LogP contribution in [0.2, 0.25) is 0 Å². The van der Waals surface area contributed by atoms with Gasteiger partial charge in [0, 0.05) is 35.0 Å². The Bertz CT molecular complexity index is 1180. The standard InChI is InChI=1S/C26H23F3N2O2/c1-3-25(32)31(21-11-8-19(28)9-12-21)24-14-16(2)30(23-13-10-20(29)15-22(23)24)26(33)17-4-6-18(27)7-5-17/h4-13,15-16,24H,3,14H2,1-2H3. The Hall–Kier alpha value is -3.61. The minimum Gasteiger partial charge on any atom is -0.305 e.